The third-order valence-corrected chi connectivity index (χ3v) is 5.94. The lowest BCUT2D eigenvalue weighted by Crippen LogP contribution is -2.08. The second-order valence-corrected chi connectivity index (χ2v) is 9.05. The molecule has 0 aliphatic rings. The monoisotopic (exact) mass is 481 g/mol. The van der Waals surface area contributed by atoms with E-state index >= 15 is 0 Å². The number of phenolic OH excluding ortho intramolecular Hbond substituents is 1. The highest BCUT2D eigenvalue weighted by atomic mass is 16.5. The fourth-order valence-electron chi connectivity index (χ4n) is 3.77. The molecule has 2 rings (SSSR count). The molecule has 1 N–H and O–H groups in total. The van der Waals surface area contributed by atoms with Crippen molar-refractivity contribution in [2.75, 3.05) is 13.2 Å². The molecular formula is C30H43NO4. The first-order chi connectivity index (χ1) is 17.1. The number of hydrogen-bond acceptors (Lipinski definition) is 5. The maximum atomic E-state index is 12.5. The van der Waals surface area contributed by atoms with Gasteiger partial charge in [-0.25, -0.2) is 4.79 Å². The number of rotatable bonds is 18. The Labute approximate surface area is 211 Å². The van der Waals surface area contributed by atoms with Crippen LogP contribution in [0.25, 0.3) is 0 Å². The van der Waals surface area contributed by atoms with E-state index in [1.807, 2.05) is 0 Å². The molecule has 0 unspecified atom stereocenters. The van der Waals surface area contributed by atoms with Crippen molar-refractivity contribution >= 4 is 12.2 Å². The highest BCUT2D eigenvalue weighted by Gasteiger charge is 2.10. The van der Waals surface area contributed by atoms with E-state index in [0.29, 0.717) is 23.5 Å². The molecular weight excluding hydrogens is 438 g/mol. The molecule has 0 amide bonds. The van der Waals surface area contributed by atoms with Crippen molar-refractivity contribution in [1.29, 1.82) is 0 Å². The number of carbonyl (C=O) groups excluding carboxylic acids is 1. The molecule has 5 heteroatoms. The molecule has 0 aliphatic carbocycles. The molecule has 2 aromatic carbocycles. The Hall–Kier alpha value is -2.82. The number of unbranched alkanes of at least 4 members (excludes halogenated alkanes) is 10. The van der Waals surface area contributed by atoms with Gasteiger partial charge in [0.05, 0.1) is 12.2 Å². The Morgan fingerprint density at radius 1 is 0.800 bits per heavy atom. The van der Waals surface area contributed by atoms with Crippen molar-refractivity contribution in [3.05, 3.63) is 53.6 Å². The predicted octanol–water partition coefficient (Wildman–Crippen LogP) is 8.13. The lowest BCUT2D eigenvalue weighted by molar-refractivity contribution is 0.0734. The zero-order valence-corrected chi connectivity index (χ0v) is 21.6. The minimum absolute atomic E-state index is 0.0392. The van der Waals surface area contributed by atoms with Gasteiger partial charge in [0.1, 0.15) is 17.2 Å². The summed E-state index contributed by atoms with van der Waals surface area (Å²) in [6.45, 7) is 5.85. The number of aliphatic imine (C=N–C) groups is 1. The summed E-state index contributed by atoms with van der Waals surface area (Å²) in [4.78, 5) is 16.8. The molecule has 35 heavy (non-hydrogen) atoms. The minimum atomic E-state index is -0.476. The first kappa shape index (κ1) is 28.4. The van der Waals surface area contributed by atoms with Gasteiger partial charge in [0.2, 0.25) is 0 Å². The molecule has 192 valence electrons. The largest absolute Gasteiger partial charge is 0.507 e. The molecule has 2 aromatic rings. The zero-order chi connectivity index (χ0) is 25.1. The number of phenols is 1. The van der Waals surface area contributed by atoms with E-state index in [-0.39, 0.29) is 5.75 Å². The van der Waals surface area contributed by atoms with Gasteiger partial charge in [0, 0.05) is 24.4 Å². The number of ether oxygens (including phenoxy) is 2. The summed E-state index contributed by atoms with van der Waals surface area (Å²) in [5, 5.41) is 10.2. The van der Waals surface area contributed by atoms with Crippen molar-refractivity contribution < 1.29 is 19.4 Å². The van der Waals surface area contributed by atoms with E-state index < -0.39 is 5.97 Å². The first-order valence-corrected chi connectivity index (χ1v) is 13.4. The quantitative estimate of drug-likeness (QED) is 0.101. The fourth-order valence-corrected chi connectivity index (χ4v) is 3.77. The average molecular weight is 482 g/mol. The number of benzene rings is 2. The van der Waals surface area contributed by atoms with E-state index in [4.69, 9.17) is 9.47 Å². The maximum Gasteiger partial charge on any atom is 0.343 e. The van der Waals surface area contributed by atoms with Gasteiger partial charge in [0.25, 0.3) is 0 Å². The maximum absolute atomic E-state index is 12.5. The van der Waals surface area contributed by atoms with Crippen molar-refractivity contribution in [3.63, 3.8) is 0 Å². The first-order valence-electron chi connectivity index (χ1n) is 13.4. The van der Waals surface area contributed by atoms with Gasteiger partial charge in [-0.3, -0.25) is 4.99 Å². The smallest absolute Gasteiger partial charge is 0.343 e. The normalized spacial score (nSPS) is 11.1. The van der Waals surface area contributed by atoms with Crippen LogP contribution in [0.2, 0.25) is 0 Å². The standard InChI is InChI=1S/C30H43NO4/c1-3-5-7-9-10-11-12-14-22-34-27-18-15-25(16-19-27)30(33)35-28-20-17-26(29(32)23-28)24-31-21-13-8-6-4-2/h15-20,23-24,32H,3-14,21-22H2,1-2H3. The lowest BCUT2D eigenvalue weighted by Gasteiger charge is -2.08. The topological polar surface area (TPSA) is 68.1 Å². The van der Waals surface area contributed by atoms with Gasteiger partial charge in [0.15, 0.2) is 0 Å². The third kappa shape index (κ3) is 11.9. The van der Waals surface area contributed by atoms with Gasteiger partial charge < -0.3 is 14.6 Å². The summed E-state index contributed by atoms with van der Waals surface area (Å²) < 4.78 is 11.2. The van der Waals surface area contributed by atoms with Gasteiger partial charge in [-0.15, -0.1) is 0 Å². The van der Waals surface area contributed by atoms with Crippen LogP contribution >= 0.6 is 0 Å². The van der Waals surface area contributed by atoms with Crippen LogP contribution in [0.3, 0.4) is 0 Å². The van der Waals surface area contributed by atoms with E-state index in [9.17, 15) is 9.90 Å². The number of nitrogens with zero attached hydrogens (tertiary/aromatic N) is 1. The Kier molecular flexibility index (Phi) is 14.3. The summed E-state index contributed by atoms with van der Waals surface area (Å²) in [7, 11) is 0. The van der Waals surface area contributed by atoms with E-state index in [1.54, 1.807) is 42.6 Å². The Balaban J connectivity index is 1.71. The van der Waals surface area contributed by atoms with Gasteiger partial charge in [-0.2, -0.15) is 0 Å². The SMILES string of the molecule is CCCCCCCCCCOc1ccc(C(=O)Oc2ccc(C=NCCCCCC)c(O)c2)cc1. The molecule has 5 nitrogen and oxygen atoms in total. The van der Waals surface area contributed by atoms with E-state index in [2.05, 4.69) is 18.8 Å². The van der Waals surface area contributed by atoms with Crippen LogP contribution in [0.1, 0.15) is 107 Å². The molecule has 0 radical (unpaired) electrons. The van der Waals surface area contributed by atoms with Crippen LogP contribution in [0, 0.1) is 0 Å². The summed E-state index contributed by atoms with van der Waals surface area (Å²) >= 11 is 0. The van der Waals surface area contributed by atoms with Gasteiger partial charge in [-0.05, 0) is 49.2 Å². The summed E-state index contributed by atoms with van der Waals surface area (Å²) in [5.41, 5.74) is 1.04. The minimum Gasteiger partial charge on any atom is -0.507 e. The van der Waals surface area contributed by atoms with Crippen molar-refractivity contribution in [1.82, 2.24) is 0 Å². The van der Waals surface area contributed by atoms with Gasteiger partial charge in [-0.1, -0.05) is 78.1 Å². The van der Waals surface area contributed by atoms with Crippen LogP contribution in [0.15, 0.2) is 47.5 Å². The molecule has 0 aromatic heterocycles. The highest BCUT2D eigenvalue weighted by molar-refractivity contribution is 5.91. The predicted molar refractivity (Wildman–Crippen MR) is 144 cm³/mol. The average Bonchev–Trinajstić information content (AvgIpc) is 2.86. The van der Waals surface area contributed by atoms with E-state index in [0.717, 1.165) is 25.1 Å². The molecule has 0 saturated heterocycles. The number of hydrogen-bond donors (Lipinski definition) is 1. The Morgan fingerprint density at radius 2 is 1.40 bits per heavy atom. The van der Waals surface area contributed by atoms with Crippen LogP contribution in [0.4, 0.5) is 0 Å². The molecule has 0 saturated carbocycles. The number of esters is 1. The summed E-state index contributed by atoms with van der Waals surface area (Å²) in [6.07, 6.45) is 16.4. The van der Waals surface area contributed by atoms with Crippen LogP contribution < -0.4 is 9.47 Å². The van der Waals surface area contributed by atoms with Crippen LogP contribution in [0.5, 0.6) is 17.2 Å². The molecule has 0 aliphatic heterocycles. The second kappa shape index (κ2) is 17.6. The Bertz CT molecular complexity index is 876. The highest BCUT2D eigenvalue weighted by Crippen LogP contribution is 2.24. The number of aromatic hydroxyl groups is 1. The molecule has 0 fully saturated rings. The Morgan fingerprint density at radius 3 is 2.06 bits per heavy atom. The zero-order valence-electron chi connectivity index (χ0n) is 21.6. The third-order valence-electron chi connectivity index (χ3n) is 5.94. The summed E-state index contributed by atoms with van der Waals surface area (Å²) in [5.74, 6) is 0.608. The summed E-state index contributed by atoms with van der Waals surface area (Å²) in [6, 6.07) is 11.8. The van der Waals surface area contributed by atoms with E-state index in [1.165, 1.54) is 70.3 Å². The van der Waals surface area contributed by atoms with Crippen LogP contribution in [-0.4, -0.2) is 30.4 Å². The van der Waals surface area contributed by atoms with Crippen molar-refractivity contribution in [2.24, 2.45) is 4.99 Å². The van der Waals surface area contributed by atoms with Crippen molar-refractivity contribution in [3.8, 4) is 17.2 Å². The second-order valence-electron chi connectivity index (χ2n) is 9.05. The van der Waals surface area contributed by atoms with Crippen LogP contribution in [-0.2, 0) is 0 Å². The molecule has 0 heterocycles. The molecule has 0 atom stereocenters. The number of carbonyl (C=O) groups is 1. The molecule has 0 spiro atoms. The van der Waals surface area contributed by atoms with Gasteiger partial charge >= 0.3 is 5.97 Å². The molecule has 0 bridgehead atoms. The van der Waals surface area contributed by atoms with Crippen molar-refractivity contribution in [2.45, 2.75) is 90.9 Å². The fraction of sp³-hybridized carbons (Fsp3) is 0.533. The lowest BCUT2D eigenvalue weighted by atomic mass is 10.1.